The molecule has 26 atom stereocenters. The Kier molecular flexibility index (Phi) is 19.2. The van der Waals surface area contributed by atoms with Crippen molar-refractivity contribution in [2.24, 2.45) is 5.41 Å². The molecule has 7 rings (SSSR count). The van der Waals surface area contributed by atoms with Crippen molar-refractivity contribution in [1.82, 2.24) is 5.32 Å². The maximum atomic E-state index is 11.3. The molecule has 0 amide bonds. The lowest BCUT2D eigenvalue weighted by Crippen LogP contribution is -2.68. The number of hydrogen-bond donors (Lipinski definition) is 18. The van der Waals surface area contributed by atoms with Crippen molar-refractivity contribution in [2.45, 2.75) is 180 Å². The summed E-state index contributed by atoms with van der Waals surface area (Å²) in [5.41, 5.74) is 0.0311. The first-order valence-corrected chi connectivity index (χ1v) is 23.6. The highest BCUT2D eigenvalue weighted by molar-refractivity contribution is 5.30. The van der Waals surface area contributed by atoms with Gasteiger partial charge < -0.3 is 144 Å². The smallest absolute Gasteiger partial charge is 0.229 e. The van der Waals surface area contributed by atoms with Crippen LogP contribution in [0.3, 0.4) is 0 Å². The van der Waals surface area contributed by atoms with Crippen molar-refractivity contribution in [3.8, 4) is 5.75 Å². The van der Waals surface area contributed by atoms with Crippen LogP contribution in [0, 0.1) is 5.41 Å². The zero-order valence-electron chi connectivity index (χ0n) is 39.7. The Bertz CT molecular complexity index is 1930. The van der Waals surface area contributed by atoms with E-state index in [1.54, 1.807) is 38.1 Å². The maximum absolute atomic E-state index is 11.3. The minimum absolute atomic E-state index is 0.164. The highest BCUT2D eigenvalue weighted by Gasteiger charge is 2.57. The van der Waals surface area contributed by atoms with Gasteiger partial charge in [0.05, 0.1) is 33.0 Å². The van der Waals surface area contributed by atoms with E-state index in [1.807, 2.05) is 0 Å². The Morgan fingerprint density at radius 3 is 1.05 bits per heavy atom. The van der Waals surface area contributed by atoms with Gasteiger partial charge in [-0.15, -0.1) is 0 Å². The summed E-state index contributed by atoms with van der Waals surface area (Å²) < 4.78 is 61.9. The van der Waals surface area contributed by atoms with E-state index in [-0.39, 0.29) is 23.4 Å². The van der Waals surface area contributed by atoms with E-state index < -0.39 is 192 Å². The van der Waals surface area contributed by atoms with Crippen molar-refractivity contribution in [3.63, 3.8) is 0 Å². The maximum Gasteiger partial charge on any atom is 0.229 e. The van der Waals surface area contributed by atoms with Crippen molar-refractivity contribution in [1.29, 1.82) is 0 Å². The Hall–Kier alpha value is -2.84. The number of aliphatic hydroxyl groups is 17. The largest absolute Gasteiger partial charge is 0.506 e. The SMILES string of the molecule is COC1C(CO)OC(OC2C(CO)OC(OC3C(CO)OC(OC4C(CO)OC(OC5C(CO)OC(Oc6ccc(CC7NC(O)=C(O)C7(C)C)cc6)C(O)C5O)C(O)C4O)C(O)C3O)C(O)C2O)C(O)C1O. The second-order valence-corrected chi connectivity index (χ2v) is 19.2. The molecule has 1 aromatic carbocycles. The molecular formula is C44H69NO28. The summed E-state index contributed by atoms with van der Waals surface area (Å²) in [7, 11) is 1.20. The van der Waals surface area contributed by atoms with Gasteiger partial charge in [-0.2, -0.15) is 0 Å². The fourth-order valence-corrected chi connectivity index (χ4v) is 9.66. The highest BCUT2D eigenvalue weighted by Crippen LogP contribution is 2.39. The van der Waals surface area contributed by atoms with Crippen LogP contribution in [0.4, 0.5) is 0 Å². The van der Waals surface area contributed by atoms with Gasteiger partial charge in [-0.3, -0.25) is 0 Å². The van der Waals surface area contributed by atoms with Crippen LogP contribution in [-0.4, -0.2) is 287 Å². The standard InChI is InChI=1S/C44H69NO28/c1-44(2)21(45-38(62)37(44)61)8-14-4-6-15(7-5-14)64-39-28(57)23(52)33(17(10-47)66-39)71-41-30(59)25(54)35(19(12-49)68-41)73-43-31(60)26(55)36(20(13-50)69-43)72-42-29(58)24(53)34(18(11-48)67-42)70-40-27(56)22(51)32(63-3)16(9-46)65-40/h4-7,16-36,39-43,45-62H,8-13H2,1-3H3. The van der Waals surface area contributed by atoms with Crippen molar-refractivity contribution in [2.75, 3.05) is 40.1 Å². The summed E-state index contributed by atoms with van der Waals surface area (Å²) in [4.78, 5) is 0. The number of rotatable bonds is 18. The monoisotopic (exact) mass is 1060 g/mol. The molecule has 6 heterocycles. The first-order chi connectivity index (χ1) is 34.6. The molecule has 5 saturated heterocycles. The predicted octanol–water partition coefficient (Wildman–Crippen LogP) is -8.36. The van der Waals surface area contributed by atoms with Gasteiger partial charge in [-0.25, -0.2) is 0 Å². The summed E-state index contributed by atoms with van der Waals surface area (Å²) in [5.74, 6) is -0.285. The molecule has 29 heteroatoms. The first kappa shape index (κ1) is 57.9. The third kappa shape index (κ3) is 11.7. The summed E-state index contributed by atoms with van der Waals surface area (Å²) in [5, 5.41) is 184. The molecule has 418 valence electrons. The average Bonchev–Trinajstić information content (AvgIpc) is 3.57. The van der Waals surface area contributed by atoms with Crippen molar-refractivity contribution < 1.29 is 139 Å². The molecule has 18 N–H and O–H groups in total. The molecule has 5 fully saturated rings. The molecular weight excluding hydrogens is 990 g/mol. The zero-order chi connectivity index (χ0) is 53.4. The molecule has 0 aliphatic carbocycles. The molecule has 0 saturated carbocycles. The van der Waals surface area contributed by atoms with Gasteiger partial charge >= 0.3 is 0 Å². The predicted molar refractivity (Wildman–Crippen MR) is 233 cm³/mol. The number of nitrogens with one attached hydrogen (secondary N) is 1. The van der Waals surface area contributed by atoms with Crippen LogP contribution in [0.5, 0.6) is 5.75 Å². The van der Waals surface area contributed by atoms with E-state index in [0.717, 1.165) is 5.56 Å². The van der Waals surface area contributed by atoms with Gasteiger partial charge in [-0.1, -0.05) is 26.0 Å². The lowest BCUT2D eigenvalue weighted by molar-refractivity contribution is -0.392. The molecule has 29 nitrogen and oxygen atoms in total. The molecule has 26 unspecified atom stereocenters. The first-order valence-electron chi connectivity index (χ1n) is 23.6. The Morgan fingerprint density at radius 2 is 0.753 bits per heavy atom. The minimum Gasteiger partial charge on any atom is -0.506 e. The quantitative estimate of drug-likeness (QED) is 0.0649. The molecule has 0 spiro atoms. The second-order valence-electron chi connectivity index (χ2n) is 19.2. The lowest BCUT2D eigenvalue weighted by atomic mass is 9.82. The Labute approximate surface area is 416 Å². The van der Waals surface area contributed by atoms with Crippen LogP contribution in [0.2, 0.25) is 0 Å². The minimum atomic E-state index is -2.13. The van der Waals surface area contributed by atoms with Gasteiger partial charge in [0.15, 0.2) is 30.9 Å². The van der Waals surface area contributed by atoms with Crippen LogP contribution in [0.1, 0.15) is 19.4 Å². The lowest BCUT2D eigenvalue weighted by Gasteiger charge is -2.49. The highest BCUT2D eigenvalue weighted by atomic mass is 16.8. The van der Waals surface area contributed by atoms with Gasteiger partial charge in [0.25, 0.3) is 0 Å². The summed E-state index contributed by atoms with van der Waals surface area (Å²) in [6.45, 7) is -0.848. The van der Waals surface area contributed by atoms with Crippen LogP contribution in [0.15, 0.2) is 35.9 Å². The summed E-state index contributed by atoms with van der Waals surface area (Å²) >= 11 is 0. The molecule has 73 heavy (non-hydrogen) atoms. The number of methoxy groups -OCH3 is 1. The van der Waals surface area contributed by atoms with E-state index in [1.165, 1.54) is 7.11 Å². The van der Waals surface area contributed by atoms with Gasteiger partial charge in [0.2, 0.25) is 12.2 Å². The fourth-order valence-electron chi connectivity index (χ4n) is 9.66. The topological polar surface area (TPSA) is 457 Å². The molecule has 0 bridgehead atoms. The second kappa shape index (κ2) is 24.2. The molecule has 6 aliphatic rings. The van der Waals surface area contributed by atoms with Gasteiger partial charge in [-0.05, 0) is 24.1 Å². The van der Waals surface area contributed by atoms with E-state index in [0.29, 0.717) is 6.42 Å². The van der Waals surface area contributed by atoms with Crippen molar-refractivity contribution in [3.05, 3.63) is 41.5 Å². The number of benzene rings is 1. The van der Waals surface area contributed by atoms with Crippen molar-refractivity contribution >= 4 is 0 Å². The Balaban J connectivity index is 0.938. The fraction of sp³-hybridized carbons (Fsp3) is 0.818. The van der Waals surface area contributed by atoms with Crippen LogP contribution in [-0.2, 0) is 53.8 Å². The van der Waals surface area contributed by atoms with E-state index in [4.69, 9.17) is 52.1 Å². The zero-order valence-corrected chi connectivity index (χ0v) is 39.7. The third-order valence-electron chi connectivity index (χ3n) is 14.2. The normalized spacial score (nSPS) is 46.3. The average molecular weight is 1060 g/mol. The van der Waals surface area contributed by atoms with Crippen LogP contribution in [0.25, 0.3) is 0 Å². The van der Waals surface area contributed by atoms with E-state index in [9.17, 15) is 86.8 Å². The van der Waals surface area contributed by atoms with E-state index >= 15 is 0 Å². The van der Waals surface area contributed by atoms with E-state index in [2.05, 4.69) is 5.32 Å². The van der Waals surface area contributed by atoms with Gasteiger partial charge in [0, 0.05) is 18.6 Å². The molecule has 1 aromatic rings. The third-order valence-corrected chi connectivity index (χ3v) is 14.2. The molecule has 6 aliphatic heterocycles. The number of ether oxygens (including phenoxy) is 11. The molecule has 0 aromatic heterocycles. The van der Waals surface area contributed by atoms with Gasteiger partial charge in [0.1, 0.15) is 128 Å². The van der Waals surface area contributed by atoms with Crippen LogP contribution < -0.4 is 10.1 Å². The van der Waals surface area contributed by atoms with Crippen LogP contribution >= 0.6 is 0 Å². The summed E-state index contributed by atoms with van der Waals surface area (Å²) in [6, 6.07) is 6.15. The number of hydrogen-bond acceptors (Lipinski definition) is 29. The summed E-state index contributed by atoms with van der Waals surface area (Å²) in [6.07, 6.45) is -44.0. The molecule has 0 radical (unpaired) electrons. The Morgan fingerprint density at radius 1 is 0.452 bits per heavy atom. The number of aliphatic hydroxyl groups excluding tert-OH is 17.